The second kappa shape index (κ2) is 5.65. The minimum Gasteiger partial charge on any atom is -0.398 e. The summed E-state index contributed by atoms with van der Waals surface area (Å²) in [7, 11) is -4.23. The molecule has 0 saturated heterocycles. The van der Waals surface area contributed by atoms with Crippen LogP contribution in [-0.2, 0) is 10.0 Å². The first-order valence-electron chi connectivity index (χ1n) is 4.83. The van der Waals surface area contributed by atoms with Crippen molar-refractivity contribution in [3.8, 4) is 0 Å². The first kappa shape index (κ1) is 16.2. The average molecular weight is 363 g/mol. The molecule has 0 radical (unpaired) electrons. The highest BCUT2D eigenvalue weighted by Gasteiger charge is 2.38. The smallest absolute Gasteiger partial charge is 0.398 e. The van der Waals surface area contributed by atoms with Crippen LogP contribution in [-0.4, -0.2) is 32.3 Å². The summed E-state index contributed by atoms with van der Waals surface area (Å²) < 4.78 is 61.7. The number of alkyl halides is 3. The monoisotopic (exact) mass is 362 g/mol. The number of aliphatic hydroxyl groups is 1. The van der Waals surface area contributed by atoms with E-state index in [-0.39, 0.29) is 10.6 Å². The molecule has 19 heavy (non-hydrogen) atoms. The van der Waals surface area contributed by atoms with Crippen LogP contribution in [0, 0.1) is 0 Å². The Morgan fingerprint density at radius 2 is 2.00 bits per heavy atom. The number of nitrogens with two attached hydrogens (primary N) is 1. The van der Waals surface area contributed by atoms with Gasteiger partial charge in [-0.25, -0.2) is 13.1 Å². The van der Waals surface area contributed by atoms with Crippen molar-refractivity contribution in [3.05, 3.63) is 22.7 Å². The molecule has 0 spiro atoms. The van der Waals surface area contributed by atoms with Gasteiger partial charge in [0.1, 0.15) is 4.90 Å². The molecule has 1 unspecified atom stereocenters. The van der Waals surface area contributed by atoms with Gasteiger partial charge in [-0.15, -0.1) is 0 Å². The molecule has 0 fully saturated rings. The van der Waals surface area contributed by atoms with Crippen LogP contribution >= 0.6 is 15.9 Å². The molecule has 0 aliphatic heterocycles. The number of aliphatic hydroxyl groups excluding tert-OH is 1. The third-order valence-electron chi connectivity index (χ3n) is 2.11. The number of sulfonamides is 1. The fraction of sp³-hybridized carbons (Fsp3) is 0.333. The third-order valence-corrected chi connectivity index (χ3v) is 4.08. The van der Waals surface area contributed by atoms with Gasteiger partial charge in [-0.3, -0.25) is 0 Å². The van der Waals surface area contributed by atoms with Gasteiger partial charge in [0.2, 0.25) is 10.0 Å². The van der Waals surface area contributed by atoms with Crippen molar-refractivity contribution in [2.45, 2.75) is 17.2 Å². The second-order valence-corrected chi connectivity index (χ2v) is 6.24. The standard InChI is InChI=1S/C9H10BrF3N2O3S/c10-5-1-2-6(14)7(3-5)19(17,18)15-4-8(16)9(11,12)13/h1-3,8,15-16H,4,14H2. The maximum absolute atomic E-state index is 12.1. The molecule has 0 bridgehead atoms. The molecule has 108 valence electrons. The molecule has 1 atom stereocenters. The van der Waals surface area contributed by atoms with Crippen molar-refractivity contribution in [1.82, 2.24) is 4.72 Å². The van der Waals surface area contributed by atoms with Crippen LogP contribution in [0.25, 0.3) is 0 Å². The van der Waals surface area contributed by atoms with E-state index in [1.807, 2.05) is 0 Å². The van der Waals surface area contributed by atoms with Crippen LogP contribution in [0.5, 0.6) is 0 Å². The van der Waals surface area contributed by atoms with Crippen LogP contribution in [0.15, 0.2) is 27.6 Å². The van der Waals surface area contributed by atoms with Gasteiger partial charge < -0.3 is 10.8 Å². The maximum Gasteiger partial charge on any atom is 0.415 e. The van der Waals surface area contributed by atoms with E-state index in [9.17, 15) is 21.6 Å². The quantitative estimate of drug-likeness (QED) is 0.702. The van der Waals surface area contributed by atoms with Crippen LogP contribution in [0.4, 0.5) is 18.9 Å². The molecular weight excluding hydrogens is 353 g/mol. The molecule has 0 aromatic heterocycles. The number of hydrogen-bond acceptors (Lipinski definition) is 4. The summed E-state index contributed by atoms with van der Waals surface area (Å²) in [6.45, 7) is -1.18. The van der Waals surface area contributed by atoms with E-state index in [0.717, 1.165) is 6.07 Å². The lowest BCUT2D eigenvalue weighted by Crippen LogP contribution is -2.40. The number of halogens is 4. The Kier molecular flexibility index (Phi) is 4.82. The first-order chi connectivity index (χ1) is 8.54. The van der Waals surface area contributed by atoms with Crippen LogP contribution < -0.4 is 10.5 Å². The van der Waals surface area contributed by atoms with Gasteiger partial charge in [0.15, 0.2) is 6.10 Å². The van der Waals surface area contributed by atoms with Crippen LogP contribution in [0.1, 0.15) is 0 Å². The summed E-state index contributed by atoms with van der Waals surface area (Å²) in [5.74, 6) is 0. The molecule has 0 amide bonds. The maximum atomic E-state index is 12.1. The molecule has 4 N–H and O–H groups in total. The number of nitrogens with one attached hydrogen (secondary N) is 1. The summed E-state index contributed by atoms with van der Waals surface area (Å²) >= 11 is 3.02. The summed E-state index contributed by atoms with van der Waals surface area (Å²) in [4.78, 5) is -0.365. The van der Waals surface area contributed by atoms with Crippen molar-refractivity contribution in [2.24, 2.45) is 0 Å². The molecule has 0 aliphatic rings. The van der Waals surface area contributed by atoms with E-state index in [1.54, 1.807) is 4.72 Å². The number of rotatable bonds is 4. The number of anilines is 1. The molecule has 0 saturated carbocycles. The molecule has 1 aromatic carbocycles. The lowest BCUT2D eigenvalue weighted by molar-refractivity contribution is -0.200. The molecular formula is C9H10BrF3N2O3S. The zero-order chi connectivity index (χ0) is 14.8. The lowest BCUT2D eigenvalue weighted by Gasteiger charge is -2.15. The largest absolute Gasteiger partial charge is 0.415 e. The molecule has 5 nitrogen and oxygen atoms in total. The Labute approximate surface area is 115 Å². The SMILES string of the molecule is Nc1ccc(Br)cc1S(=O)(=O)NCC(O)C(F)(F)F. The van der Waals surface area contributed by atoms with Crippen molar-refractivity contribution < 1.29 is 26.7 Å². The highest BCUT2D eigenvalue weighted by atomic mass is 79.9. The van der Waals surface area contributed by atoms with E-state index >= 15 is 0 Å². The molecule has 10 heteroatoms. The van der Waals surface area contributed by atoms with Crippen LogP contribution in [0.2, 0.25) is 0 Å². The van der Waals surface area contributed by atoms with Crippen molar-refractivity contribution in [1.29, 1.82) is 0 Å². The van der Waals surface area contributed by atoms with Gasteiger partial charge in [0.25, 0.3) is 0 Å². The van der Waals surface area contributed by atoms with Crippen molar-refractivity contribution >= 4 is 31.6 Å². The number of benzene rings is 1. The summed E-state index contributed by atoms with van der Waals surface area (Å²) in [5, 5.41) is 8.73. The first-order valence-corrected chi connectivity index (χ1v) is 7.11. The van der Waals surface area contributed by atoms with Crippen LogP contribution in [0.3, 0.4) is 0 Å². The van der Waals surface area contributed by atoms with Gasteiger partial charge in [-0.1, -0.05) is 15.9 Å². The zero-order valence-electron chi connectivity index (χ0n) is 9.28. The average Bonchev–Trinajstić information content (AvgIpc) is 2.28. The van der Waals surface area contributed by atoms with E-state index in [4.69, 9.17) is 10.8 Å². The highest BCUT2D eigenvalue weighted by Crippen LogP contribution is 2.24. The minimum atomic E-state index is -4.90. The highest BCUT2D eigenvalue weighted by molar-refractivity contribution is 9.10. The predicted octanol–water partition coefficient (Wildman–Crippen LogP) is 1.23. The van der Waals surface area contributed by atoms with E-state index in [1.165, 1.54) is 12.1 Å². The van der Waals surface area contributed by atoms with Crippen molar-refractivity contribution in [3.63, 3.8) is 0 Å². The fourth-order valence-corrected chi connectivity index (χ4v) is 2.83. The number of hydrogen-bond donors (Lipinski definition) is 3. The van der Waals surface area contributed by atoms with Gasteiger partial charge >= 0.3 is 6.18 Å². The third kappa shape index (κ3) is 4.34. The van der Waals surface area contributed by atoms with Gasteiger partial charge in [-0.2, -0.15) is 13.2 Å². The van der Waals surface area contributed by atoms with E-state index < -0.39 is 28.8 Å². The molecule has 1 rings (SSSR count). The molecule has 0 heterocycles. The van der Waals surface area contributed by atoms with E-state index in [0.29, 0.717) is 4.47 Å². The Hall–Kier alpha value is -0.840. The Morgan fingerprint density at radius 1 is 1.42 bits per heavy atom. The summed E-state index contributed by atoms with van der Waals surface area (Å²) in [6.07, 6.45) is -7.68. The Balaban J connectivity index is 2.91. The summed E-state index contributed by atoms with van der Waals surface area (Å²) in [5.41, 5.74) is 5.33. The molecule has 0 aliphatic carbocycles. The molecule has 1 aromatic rings. The zero-order valence-corrected chi connectivity index (χ0v) is 11.7. The second-order valence-electron chi connectivity index (χ2n) is 3.59. The lowest BCUT2D eigenvalue weighted by atomic mass is 10.3. The fourth-order valence-electron chi connectivity index (χ4n) is 1.12. The van der Waals surface area contributed by atoms with Gasteiger partial charge in [0, 0.05) is 11.0 Å². The Morgan fingerprint density at radius 3 is 2.53 bits per heavy atom. The summed E-state index contributed by atoms with van der Waals surface area (Å²) in [6, 6.07) is 3.93. The topological polar surface area (TPSA) is 92.4 Å². The van der Waals surface area contributed by atoms with E-state index in [2.05, 4.69) is 15.9 Å². The van der Waals surface area contributed by atoms with Gasteiger partial charge in [0.05, 0.1) is 5.69 Å². The van der Waals surface area contributed by atoms with Crippen molar-refractivity contribution in [2.75, 3.05) is 12.3 Å². The Bertz CT molecular complexity index is 562. The normalized spacial score (nSPS) is 14.4. The number of nitrogen functional groups attached to an aromatic ring is 1. The minimum absolute atomic E-state index is 0.114. The predicted molar refractivity (Wildman–Crippen MR) is 65.8 cm³/mol. The van der Waals surface area contributed by atoms with Gasteiger partial charge in [-0.05, 0) is 18.2 Å².